The second-order valence-electron chi connectivity index (χ2n) is 14.3. The summed E-state index contributed by atoms with van der Waals surface area (Å²) >= 11 is 0. The molecule has 1 aliphatic carbocycles. The van der Waals surface area contributed by atoms with Crippen molar-refractivity contribution < 1.29 is 27.4 Å². The fourth-order valence-electron chi connectivity index (χ4n) is 8.87. The molecule has 0 N–H and O–H groups in total. The lowest BCUT2D eigenvalue weighted by Crippen LogP contribution is -2.47. The molecule has 3 aliphatic heterocycles. The van der Waals surface area contributed by atoms with Crippen molar-refractivity contribution in [2.75, 3.05) is 51.6 Å². The van der Waals surface area contributed by atoms with Crippen LogP contribution < -0.4 is 14.4 Å². The number of alkyl halides is 1. The van der Waals surface area contributed by atoms with Crippen molar-refractivity contribution in [2.24, 2.45) is 5.41 Å². The van der Waals surface area contributed by atoms with Gasteiger partial charge in [0, 0.05) is 44.9 Å². The second kappa shape index (κ2) is 12.3. The summed E-state index contributed by atoms with van der Waals surface area (Å²) in [6.07, 6.45) is 9.18. The number of rotatable bonds is 9. The van der Waals surface area contributed by atoms with Gasteiger partial charge in [-0.1, -0.05) is 19.4 Å². The van der Waals surface area contributed by atoms with Crippen molar-refractivity contribution in [2.45, 2.75) is 76.4 Å². The van der Waals surface area contributed by atoms with E-state index in [4.69, 9.17) is 19.2 Å². The first-order valence-electron chi connectivity index (χ1n) is 17.3. The van der Waals surface area contributed by atoms with Gasteiger partial charge in [-0.3, -0.25) is 9.88 Å². The smallest absolute Gasteiger partial charge is 0.319 e. The van der Waals surface area contributed by atoms with Crippen LogP contribution in [0.1, 0.15) is 63.9 Å². The normalized spacial score (nSPS) is 23.6. The Morgan fingerprint density at radius 3 is 2.62 bits per heavy atom. The third-order valence-corrected chi connectivity index (χ3v) is 11.3. The minimum Gasteiger partial charge on any atom is -0.468 e. The van der Waals surface area contributed by atoms with Gasteiger partial charge in [0.2, 0.25) is 0 Å². The summed E-state index contributed by atoms with van der Waals surface area (Å²) in [4.78, 5) is 18.7. The number of aromatic nitrogens is 3. The molecule has 48 heavy (non-hydrogen) atoms. The zero-order valence-electron chi connectivity index (χ0n) is 27.7. The molecule has 0 amide bonds. The van der Waals surface area contributed by atoms with Crippen molar-refractivity contribution in [3.63, 3.8) is 0 Å². The molecule has 2 atom stereocenters. The molecule has 8 nitrogen and oxygen atoms in total. The van der Waals surface area contributed by atoms with E-state index >= 15 is 8.78 Å². The van der Waals surface area contributed by atoms with Gasteiger partial charge < -0.3 is 19.1 Å². The van der Waals surface area contributed by atoms with Crippen LogP contribution in [0.4, 0.5) is 19.0 Å². The number of anilines is 1. The average molecular weight is 662 g/mol. The fourth-order valence-corrected chi connectivity index (χ4v) is 8.87. The summed E-state index contributed by atoms with van der Waals surface area (Å²) in [7, 11) is 1.52. The van der Waals surface area contributed by atoms with E-state index < -0.39 is 17.5 Å². The first-order chi connectivity index (χ1) is 23.3. The van der Waals surface area contributed by atoms with E-state index in [2.05, 4.69) is 19.8 Å². The van der Waals surface area contributed by atoms with Gasteiger partial charge >= 0.3 is 6.01 Å². The van der Waals surface area contributed by atoms with Crippen LogP contribution in [0.2, 0.25) is 0 Å². The number of ether oxygens (including phenoxy) is 3. The maximum Gasteiger partial charge on any atom is 0.319 e. The van der Waals surface area contributed by atoms with E-state index in [0.717, 1.165) is 38.9 Å². The Labute approximate surface area is 278 Å². The van der Waals surface area contributed by atoms with Crippen molar-refractivity contribution in [3.05, 3.63) is 47.7 Å². The third-order valence-electron chi connectivity index (χ3n) is 11.3. The number of halogens is 3. The molecule has 11 heteroatoms. The molecule has 4 fully saturated rings. The number of pyridine rings is 1. The van der Waals surface area contributed by atoms with Crippen LogP contribution in [0.3, 0.4) is 0 Å². The predicted octanol–water partition coefficient (Wildman–Crippen LogP) is 7.39. The maximum absolute atomic E-state index is 17.1. The lowest BCUT2D eigenvalue weighted by Gasteiger charge is -2.49. The number of hydrogen-bond acceptors (Lipinski definition) is 8. The van der Waals surface area contributed by atoms with Gasteiger partial charge in [-0.2, -0.15) is 9.97 Å². The Bertz CT molecular complexity index is 1870. The highest BCUT2D eigenvalue weighted by Gasteiger charge is 2.49. The highest BCUT2D eigenvalue weighted by Crippen LogP contribution is 2.49. The third kappa shape index (κ3) is 5.33. The molecule has 8 rings (SSSR count). The standard InChI is InChI=1S/C37H42F3N5O3/c1-3-26-29(39)8-7-23-15-25(48-22-46-2)16-27(30(23)26)32-31(40)33-28(18-41-32)34(44-13-5-11-36(20-44)9-4-10-36)43-35(42-33)47-21-37-12-6-14-45(37)19-24(38)17-37/h7-8,15-16,18,24H,3-6,9-14,17,19-22H2,1-2H3/t24-,37+/m1/s1. The van der Waals surface area contributed by atoms with Crippen molar-refractivity contribution in [1.29, 1.82) is 0 Å². The summed E-state index contributed by atoms with van der Waals surface area (Å²) < 4.78 is 64.1. The van der Waals surface area contributed by atoms with Crippen molar-refractivity contribution in [3.8, 4) is 23.0 Å². The van der Waals surface area contributed by atoms with E-state index in [9.17, 15) is 4.39 Å². The minimum absolute atomic E-state index is 0.00289. The summed E-state index contributed by atoms with van der Waals surface area (Å²) in [5.74, 6) is 0.0510. The number of piperidine rings is 1. The molecular formula is C37H42F3N5O3. The molecule has 4 aromatic rings. The predicted molar refractivity (Wildman–Crippen MR) is 178 cm³/mol. The molecule has 254 valence electrons. The van der Waals surface area contributed by atoms with E-state index in [-0.39, 0.29) is 41.9 Å². The molecular weight excluding hydrogens is 619 g/mol. The Hall–Kier alpha value is -3.70. The van der Waals surface area contributed by atoms with Crippen LogP contribution in [0.5, 0.6) is 11.8 Å². The van der Waals surface area contributed by atoms with E-state index in [0.29, 0.717) is 58.2 Å². The van der Waals surface area contributed by atoms with E-state index in [1.165, 1.54) is 38.9 Å². The van der Waals surface area contributed by atoms with Crippen molar-refractivity contribution in [1.82, 2.24) is 19.9 Å². The summed E-state index contributed by atoms with van der Waals surface area (Å²) in [6.45, 7) is 5.00. The van der Waals surface area contributed by atoms with Gasteiger partial charge in [0.05, 0.1) is 10.9 Å². The molecule has 0 unspecified atom stereocenters. The molecule has 1 spiro atoms. The van der Waals surface area contributed by atoms with Crippen molar-refractivity contribution >= 4 is 27.5 Å². The topological polar surface area (TPSA) is 72.8 Å². The number of aryl methyl sites for hydroxylation is 1. The first-order valence-corrected chi connectivity index (χ1v) is 17.3. The van der Waals surface area contributed by atoms with Gasteiger partial charge in [-0.15, -0.1) is 0 Å². The summed E-state index contributed by atoms with van der Waals surface area (Å²) in [5, 5.41) is 1.78. The lowest BCUT2D eigenvalue weighted by atomic mass is 9.64. The average Bonchev–Trinajstić information content (AvgIpc) is 3.61. The molecule has 4 aliphatic rings. The maximum atomic E-state index is 17.1. The lowest BCUT2D eigenvalue weighted by molar-refractivity contribution is 0.0512. The van der Waals surface area contributed by atoms with Gasteiger partial charge in [0.15, 0.2) is 12.6 Å². The zero-order valence-corrected chi connectivity index (χ0v) is 27.7. The molecule has 2 aromatic carbocycles. The molecule has 3 saturated heterocycles. The second-order valence-corrected chi connectivity index (χ2v) is 14.3. The van der Waals surface area contributed by atoms with Gasteiger partial charge in [-0.25, -0.2) is 13.2 Å². The SMILES string of the molecule is CCc1c(F)ccc2cc(OCOC)cc(-c3ncc4c(N5CCCC6(CCC6)C5)nc(OC[C@@]56CCCN5C[C@H](F)C6)nc4c3F)c12. The van der Waals surface area contributed by atoms with Crippen LogP contribution in [0.15, 0.2) is 30.5 Å². The molecule has 0 bridgehead atoms. The molecule has 2 aromatic heterocycles. The van der Waals surface area contributed by atoms with Crippen LogP contribution in [-0.4, -0.2) is 78.3 Å². The summed E-state index contributed by atoms with van der Waals surface area (Å²) in [5.41, 5.74) is 0.865. The monoisotopic (exact) mass is 661 g/mol. The van der Waals surface area contributed by atoms with E-state index in [1.54, 1.807) is 24.4 Å². The largest absolute Gasteiger partial charge is 0.468 e. The zero-order chi connectivity index (χ0) is 33.0. The van der Waals surface area contributed by atoms with Gasteiger partial charge in [0.1, 0.15) is 41.4 Å². The first kappa shape index (κ1) is 31.6. The number of nitrogens with zero attached hydrogens (tertiary/aromatic N) is 5. The highest BCUT2D eigenvalue weighted by atomic mass is 19.1. The van der Waals surface area contributed by atoms with E-state index in [1.807, 2.05) is 6.92 Å². The van der Waals surface area contributed by atoms with Crippen LogP contribution in [-0.2, 0) is 11.2 Å². The minimum atomic E-state index is -0.892. The highest BCUT2D eigenvalue weighted by molar-refractivity contribution is 6.01. The fraction of sp³-hybridized carbons (Fsp3) is 0.541. The number of methoxy groups -OCH3 is 1. The van der Waals surface area contributed by atoms with Crippen LogP contribution in [0.25, 0.3) is 32.9 Å². The Kier molecular flexibility index (Phi) is 8.10. The Morgan fingerprint density at radius 1 is 1.00 bits per heavy atom. The number of hydrogen-bond donors (Lipinski definition) is 0. The van der Waals surface area contributed by atoms with Gasteiger partial charge in [0.25, 0.3) is 0 Å². The van der Waals surface area contributed by atoms with Gasteiger partial charge in [-0.05, 0) is 91.4 Å². The summed E-state index contributed by atoms with van der Waals surface area (Å²) in [6, 6.07) is 6.65. The van der Waals surface area contributed by atoms with Crippen LogP contribution >= 0.6 is 0 Å². The molecule has 5 heterocycles. The van der Waals surface area contributed by atoms with Crippen LogP contribution in [0, 0.1) is 17.0 Å². The molecule has 0 radical (unpaired) electrons. The quantitative estimate of drug-likeness (QED) is 0.172. The number of benzene rings is 2. The number of fused-ring (bicyclic) bond motifs is 3. The Morgan fingerprint density at radius 2 is 1.83 bits per heavy atom. The molecule has 1 saturated carbocycles. The Balaban J connectivity index is 1.27.